The molecule has 2 nitrogen and oxygen atoms in total. The lowest BCUT2D eigenvalue weighted by atomic mass is 10.1. The highest BCUT2D eigenvalue weighted by Gasteiger charge is 2.09. The number of unbranched alkanes of at least 4 members (excludes halogenated alkanes) is 12. The molecule has 168 valence electrons. The van der Waals surface area contributed by atoms with Gasteiger partial charge in [0.2, 0.25) is 0 Å². The van der Waals surface area contributed by atoms with Crippen LogP contribution in [0.1, 0.15) is 117 Å². The maximum Gasteiger partial charge on any atom is 0.157 e. The van der Waals surface area contributed by atoms with Crippen LogP contribution in [0.15, 0.2) is 24.8 Å². The molecular formula is C27H48O2. The first-order valence-electron chi connectivity index (χ1n) is 12.3. The van der Waals surface area contributed by atoms with Crippen LogP contribution in [0.4, 0.5) is 0 Å². The van der Waals surface area contributed by atoms with Gasteiger partial charge in [-0.2, -0.15) is 0 Å². The molecule has 0 rings (SSSR count). The van der Waals surface area contributed by atoms with Gasteiger partial charge in [0.1, 0.15) is 0 Å². The molecule has 0 fully saturated rings. The third kappa shape index (κ3) is 23.1. The monoisotopic (exact) mass is 404 g/mol. The zero-order chi connectivity index (χ0) is 21.3. The summed E-state index contributed by atoms with van der Waals surface area (Å²) in [5.74, 6) is 5.78. The quantitative estimate of drug-likeness (QED) is 0.109. The number of hydrogen-bond donors (Lipinski definition) is 0. The fourth-order valence-corrected chi connectivity index (χ4v) is 3.23. The Kier molecular flexibility index (Phi) is 24.1. The molecule has 0 aromatic heterocycles. The lowest BCUT2D eigenvalue weighted by molar-refractivity contribution is -0.148. The second-order valence-electron chi connectivity index (χ2n) is 7.89. The van der Waals surface area contributed by atoms with E-state index in [4.69, 9.17) is 9.47 Å². The normalized spacial score (nSPS) is 11.1. The number of rotatable bonds is 21. The van der Waals surface area contributed by atoms with E-state index >= 15 is 0 Å². The predicted molar refractivity (Wildman–Crippen MR) is 128 cm³/mol. The van der Waals surface area contributed by atoms with E-state index in [1.807, 2.05) is 6.08 Å². The van der Waals surface area contributed by atoms with Crippen LogP contribution in [0.5, 0.6) is 0 Å². The van der Waals surface area contributed by atoms with Crippen LogP contribution in [0, 0.1) is 11.8 Å². The summed E-state index contributed by atoms with van der Waals surface area (Å²) in [7, 11) is 0. The van der Waals surface area contributed by atoms with E-state index in [0.29, 0.717) is 0 Å². The van der Waals surface area contributed by atoms with Gasteiger partial charge in [0.15, 0.2) is 6.29 Å². The summed E-state index contributed by atoms with van der Waals surface area (Å²) in [5, 5.41) is 0. The van der Waals surface area contributed by atoms with Crippen LogP contribution in [0.25, 0.3) is 0 Å². The van der Waals surface area contributed by atoms with E-state index in [-0.39, 0.29) is 6.29 Å². The molecule has 0 aliphatic rings. The lowest BCUT2D eigenvalue weighted by Crippen LogP contribution is -2.19. The summed E-state index contributed by atoms with van der Waals surface area (Å²) >= 11 is 0. The van der Waals surface area contributed by atoms with Crippen molar-refractivity contribution in [2.75, 3.05) is 13.2 Å². The Balaban J connectivity index is 3.94. The Morgan fingerprint density at radius 3 is 1.79 bits per heavy atom. The van der Waals surface area contributed by atoms with Crippen molar-refractivity contribution in [3.63, 3.8) is 0 Å². The zero-order valence-electron chi connectivity index (χ0n) is 19.6. The second-order valence-corrected chi connectivity index (χ2v) is 7.89. The van der Waals surface area contributed by atoms with Crippen molar-refractivity contribution >= 4 is 0 Å². The van der Waals surface area contributed by atoms with E-state index in [1.165, 1.54) is 64.2 Å². The third-order valence-electron chi connectivity index (χ3n) is 5.05. The van der Waals surface area contributed by atoms with E-state index in [9.17, 15) is 0 Å². The summed E-state index contributed by atoms with van der Waals surface area (Å²) in [6, 6.07) is 0. The van der Waals surface area contributed by atoms with Crippen molar-refractivity contribution < 1.29 is 9.47 Å². The molecule has 0 aliphatic carbocycles. The number of hydrogen-bond acceptors (Lipinski definition) is 2. The van der Waals surface area contributed by atoms with Crippen molar-refractivity contribution in [1.29, 1.82) is 0 Å². The van der Waals surface area contributed by atoms with Crippen LogP contribution >= 0.6 is 0 Å². The molecule has 2 heteroatoms. The van der Waals surface area contributed by atoms with Gasteiger partial charge in [-0.05, 0) is 50.7 Å². The molecule has 0 amide bonds. The summed E-state index contributed by atoms with van der Waals surface area (Å²) in [6.45, 7) is 9.79. The van der Waals surface area contributed by atoms with E-state index in [0.717, 1.165) is 51.7 Å². The van der Waals surface area contributed by atoms with E-state index in [2.05, 4.69) is 38.3 Å². The fourth-order valence-electron chi connectivity index (χ4n) is 3.23. The largest absolute Gasteiger partial charge is 0.353 e. The minimum atomic E-state index is -0.0224. The molecule has 0 spiro atoms. The highest BCUT2D eigenvalue weighted by molar-refractivity contribution is 5.21. The maximum atomic E-state index is 6.08. The summed E-state index contributed by atoms with van der Waals surface area (Å²) in [6.07, 6.45) is 25.6. The molecule has 0 unspecified atom stereocenters. The smallest absolute Gasteiger partial charge is 0.157 e. The Bertz CT molecular complexity index is 398. The van der Waals surface area contributed by atoms with Crippen molar-refractivity contribution in [3.05, 3.63) is 24.8 Å². The first-order valence-corrected chi connectivity index (χ1v) is 12.3. The molecule has 0 N–H and O–H groups in total. The average Bonchev–Trinajstić information content (AvgIpc) is 2.73. The molecular weight excluding hydrogens is 356 g/mol. The Morgan fingerprint density at radius 2 is 1.24 bits per heavy atom. The number of ether oxygens (including phenoxy) is 2. The van der Waals surface area contributed by atoms with Crippen LogP contribution in [0.2, 0.25) is 0 Å². The molecule has 0 saturated carbocycles. The second kappa shape index (κ2) is 25.0. The van der Waals surface area contributed by atoms with E-state index in [1.54, 1.807) is 6.08 Å². The molecule has 0 radical (unpaired) electrons. The van der Waals surface area contributed by atoms with E-state index < -0.39 is 0 Å². The average molecular weight is 405 g/mol. The van der Waals surface area contributed by atoms with Crippen LogP contribution < -0.4 is 0 Å². The minimum Gasteiger partial charge on any atom is -0.353 e. The van der Waals surface area contributed by atoms with Gasteiger partial charge in [-0.25, -0.2) is 0 Å². The standard InChI is InChI=1S/C27H48O2/c1-4-7-10-13-16-17-18-21-24-27(28-25-22-19-14-11-8-5-2)29-26-23-20-15-12-9-6-3/h4,13,16,27H,1,5-6,8-9,11-12,14-15,17-26H2,2-3H3/b16-13-. The molecule has 0 atom stereocenters. The van der Waals surface area contributed by atoms with Gasteiger partial charge in [0.25, 0.3) is 0 Å². The Labute approximate surface area is 182 Å². The van der Waals surface area contributed by atoms with Crippen molar-refractivity contribution in [2.24, 2.45) is 0 Å². The third-order valence-corrected chi connectivity index (χ3v) is 5.05. The van der Waals surface area contributed by atoms with Crippen LogP contribution in [-0.4, -0.2) is 19.5 Å². The lowest BCUT2D eigenvalue weighted by Gasteiger charge is -2.19. The summed E-state index contributed by atoms with van der Waals surface area (Å²) in [4.78, 5) is 0. The van der Waals surface area contributed by atoms with Crippen LogP contribution in [-0.2, 0) is 9.47 Å². The summed E-state index contributed by atoms with van der Waals surface area (Å²) < 4.78 is 12.2. The molecule has 0 aromatic carbocycles. The topological polar surface area (TPSA) is 18.5 Å². The fraction of sp³-hybridized carbons (Fsp3) is 0.778. The van der Waals surface area contributed by atoms with Gasteiger partial charge in [-0.15, -0.1) is 0 Å². The molecule has 0 aromatic rings. The van der Waals surface area contributed by atoms with Gasteiger partial charge >= 0.3 is 0 Å². The SMILES string of the molecule is C=CC#C/C=C\CCCCC(OCCCCCCCC)OCCCCCCCC. The predicted octanol–water partition coefficient (Wildman–Crippen LogP) is 8.37. The highest BCUT2D eigenvalue weighted by atomic mass is 16.7. The van der Waals surface area contributed by atoms with Crippen molar-refractivity contribution in [1.82, 2.24) is 0 Å². The Morgan fingerprint density at radius 1 is 0.690 bits per heavy atom. The van der Waals surface area contributed by atoms with Gasteiger partial charge in [-0.1, -0.05) is 103 Å². The molecule has 0 aliphatic heterocycles. The van der Waals surface area contributed by atoms with Gasteiger partial charge < -0.3 is 9.47 Å². The molecule has 0 heterocycles. The van der Waals surface area contributed by atoms with Gasteiger partial charge in [0, 0.05) is 13.2 Å². The van der Waals surface area contributed by atoms with Crippen molar-refractivity contribution in [3.8, 4) is 11.8 Å². The number of allylic oxidation sites excluding steroid dienone is 3. The highest BCUT2D eigenvalue weighted by Crippen LogP contribution is 2.13. The first kappa shape index (κ1) is 28.0. The molecule has 29 heavy (non-hydrogen) atoms. The Hall–Kier alpha value is -1.04. The minimum absolute atomic E-state index is 0.0224. The maximum absolute atomic E-state index is 6.08. The molecule has 0 bridgehead atoms. The first-order chi connectivity index (χ1) is 14.3. The van der Waals surface area contributed by atoms with Crippen LogP contribution in [0.3, 0.4) is 0 Å². The summed E-state index contributed by atoms with van der Waals surface area (Å²) in [5.41, 5.74) is 0. The van der Waals surface area contributed by atoms with Gasteiger partial charge in [0.05, 0.1) is 0 Å². The zero-order valence-corrected chi connectivity index (χ0v) is 19.6. The molecule has 0 saturated heterocycles. The van der Waals surface area contributed by atoms with Crippen molar-refractivity contribution in [2.45, 2.75) is 123 Å². The van der Waals surface area contributed by atoms with Gasteiger partial charge in [-0.3, -0.25) is 0 Å².